The molecule has 16 heteroatoms. The van der Waals surface area contributed by atoms with Gasteiger partial charge >= 0.3 is 6.09 Å². The summed E-state index contributed by atoms with van der Waals surface area (Å²) in [5.74, 6) is -1.78. The first kappa shape index (κ1) is 30.5. The Morgan fingerprint density at radius 3 is 2.34 bits per heavy atom. The monoisotopic (exact) mass is 627 g/mol. The van der Waals surface area contributed by atoms with Crippen LogP contribution >= 0.6 is 11.3 Å². The Kier molecular flexibility index (Phi) is 8.57. The molecule has 1 aromatic carbocycles. The minimum atomic E-state index is -1.67. The van der Waals surface area contributed by atoms with Crippen molar-refractivity contribution in [3.05, 3.63) is 77.0 Å². The van der Waals surface area contributed by atoms with Crippen molar-refractivity contribution < 1.29 is 38.1 Å². The summed E-state index contributed by atoms with van der Waals surface area (Å²) in [6, 6.07) is 9.37. The average Bonchev–Trinajstić information content (AvgIpc) is 3.36. The van der Waals surface area contributed by atoms with Gasteiger partial charge in [0.25, 0.3) is 0 Å². The van der Waals surface area contributed by atoms with E-state index >= 15 is 0 Å². The van der Waals surface area contributed by atoms with E-state index in [1.54, 1.807) is 13.1 Å². The zero-order chi connectivity index (χ0) is 31.7. The lowest BCUT2D eigenvalue weighted by molar-refractivity contribution is -0.128. The average molecular weight is 628 g/mol. The van der Waals surface area contributed by atoms with Crippen LogP contribution in [-0.4, -0.2) is 62.8 Å². The Bertz CT molecular complexity index is 1670. The van der Waals surface area contributed by atoms with Crippen LogP contribution in [-0.2, 0) is 17.9 Å². The van der Waals surface area contributed by atoms with Crippen LogP contribution < -0.4 is 25.0 Å². The summed E-state index contributed by atoms with van der Waals surface area (Å²) in [7, 11) is 2.97. The van der Waals surface area contributed by atoms with Gasteiger partial charge < -0.3 is 35.2 Å². The number of ether oxygens (including phenoxy) is 2. The molecule has 5 rings (SSSR count). The summed E-state index contributed by atoms with van der Waals surface area (Å²) in [5, 5.41) is 31.7. The third-order valence-electron chi connectivity index (χ3n) is 6.96. The predicted molar refractivity (Wildman–Crippen MR) is 154 cm³/mol. The van der Waals surface area contributed by atoms with Gasteiger partial charge in [-0.2, -0.15) is 0 Å². The van der Waals surface area contributed by atoms with Crippen LogP contribution in [0.4, 0.5) is 24.4 Å². The molecule has 4 heterocycles. The molecule has 2 unspecified atom stereocenters. The van der Waals surface area contributed by atoms with Crippen molar-refractivity contribution in [2.45, 2.75) is 32.6 Å². The minimum Gasteiger partial charge on any atom is -0.480 e. The number of nitrogens with zero attached hydrogens (tertiary/aromatic N) is 6. The molecule has 1 aliphatic heterocycles. The summed E-state index contributed by atoms with van der Waals surface area (Å²) >= 11 is 1.11. The zero-order valence-corrected chi connectivity index (χ0v) is 24.5. The molecular formula is C28H27F2N7O6S. The molecular weight excluding hydrogens is 600 g/mol. The van der Waals surface area contributed by atoms with E-state index in [0.29, 0.717) is 16.0 Å². The second-order valence-electron chi connectivity index (χ2n) is 9.70. The van der Waals surface area contributed by atoms with E-state index < -0.39 is 36.9 Å². The summed E-state index contributed by atoms with van der Waals surface area (Å²) in [6.45, 7) is 0.945. The first-order valence-electron chi connectivity index (χ1n) is 13.0. The number of carbonyl (C=O) groups excluding carboxylic acids is 2. The highest BCUT2D eigenvalue weighted by atomic mass is 32.1. The lowest BCUT2D eigenvalue weighted by Crippen LogP contribution is -2.54. The van der Waals surface area contributed by atoms with E-state index in [1.807, 2.05) is 0 Å². The SMILES string of the molecule is COc1ccc(N2C(O)c3c(sc(-c4ccc(OC(N)=O)nc4)c3CN(C)C(C)=O)N(Cc3c(F)cccc3F)C2O)nn1. The highest BCUT2D eigenvalue weighted by molar-refractivity contribution is 7.20. The van der Waals surface area contributed by atoms with Gasteiger partial charge in [-0.3, -0.25) is 9.69 Å². The number of fused-ring (bicyclic) bond motifs is 1. The first-order valence-corrected chi connectivity index (χ1v) is 13.8. The maximum atomic E-state index is 14.9. The van der Waals surface area contributed by atoms with Crippen LogP contribution in [0.15, 0.2) is 48.7 Å². The van der Waals surface area contributed by atoms with Gasteiger partial charge in [-0.15, -0.1) is 21.5 Å². The molecule has 2 amide bonds. The van der Waals surface area contributed by atoms with Crippen LogP contribution in [0.2, 0.25) is 0 Å². The molecule has 0 bridgehead atoms. The standard InChI is InChI=1S/C28H27F2N7O6S/c1-14(38)35(2)12-17-23-25(39)37(20-8-10-22(42-3)34-33-20)28(41)36(13-16-18(29)5-4-6-19(16)30)26(23)44-24(17)15-7-9-21(32-11-15)43-27(31)40/h4-11,25,28,39,41H,12-13H2,1-3H3,(H2,31,40). The maximum absolute atomic E-state index is 14.9. The van der Waals surface area contributed by atoms with Crippen molar-refractivity contribution in [3.8, 4) is 22.2 Å². The smallest absolute Gasteiger partial charge is 0.411 e. The minimum absolute atomic E-state index is 0.00717. The van der Waals surface area contributed by atoms with E-state index in [9.17, 15) is 28.6 Å². The van der Waals surface area contributed by atoms with Gasteiger partial charge in [0, 0.05) is 66.0 Å². The number of methoxy groups -OCH3 is 1. The van der Waals surface area contributed by atoms with E-state index in [4.69, 9.17) is 15.2 Å². The molecule has 44 heavy (non-hydrogen) atoms. The molecule has 3 aromatic heterocycles. The van der Waals surface area contributed by atoms with E-state index in [1.165, 1.54) is 54.3 Å². The number of aliphatic hydroxyl groups is 2. The molecule has 0 aliphatic carbocycles. The van der Waals surface area contributed by atoms with E-state index in [2.05, 4.69) is 15.2 Å². The lowest BCUT2D eigenvalue weighted by Gasteiger charge is -2.44. The number of nitrogens with two attached hydrogens (primary N) is 1. The summed E-state index contributed by atoms with van der Waals surface area (Å²) in [6.07, 6.45) is -2.86. The first-order chi connectivity index (χ1) is 21.0. The topological polar surface area (TPSA) is 167 Å². The van der Waals surface area contributed by atoms with Crippen LogP contribution in [0.5, 0.6) is 11.8 Å². The van der Waals surface area contributed by atoms with Crippen molar-refractivity contribution in [1.29, 1.82) is 0 Å². The Hall–Kier alpha value is -4.93. The molecule has 230 valence electrons. The quantitative estimate of drug-likeness (QED) is 0.263. The highest BCUT2D eigenvalue weighted by Crippen LogP contribution is 2.51. The Morgan fingerprint density at radius 1 is 1.07 bits per heavy atom. The van der Waals surface area contributed by atoms with Crippen LogP contribution in [0.3, 0.4) is 0 Å². The van der Waals surface area contributed by atoms with Gasteiger partial charge in [0.1, 0.15) is 16.6 Å². The third kappa shape index (κ3) is 5.82. The van der Waals surface area contributed by atoms with Crippen LogP contribution in [0.1, 0.15) is 29.8 Å². The van der Waals surface area contributed by atoms with Crippen molar-refractivity contribution in [1.82, 2.24) is 20.1 Å². The fourth-order valence-corrected chi connectivity index (χ4v) is 6.04. The lowest BCUT2D eigenvalue weighted by atomic mass is 10.0. The number of aromatic nitrogens is 3. The third-order valence-corrected chi connectivity index (χ3v) is 8.30. The fourth-order valence-electron chi connectivity index (χ4n) is 4.69. The number of halogens is 2. The number of carbonyl (C=O) groups is 2. The molecule has 0 radical (unpaired) electrons. The number of primary amides is 1. The Labute approximate surface area is 253 Å². The number of pyridine rings is 1. The van der Waals surface area contributed by atoms with Crippen LogP contribution in [0.25, 0.3) is 10.4 Å². The van der Waals surface area contributed by atoms with Crippen LogP contribution in [0, 0.1) is 11.6 Å². The van der Waals surface area contributed by atoms with Gasteiger partial charge in [-0.25, -0.2) is 18.6 Å². The summed E-state index contributed by atoms with van der Waals surface area (Å²) in [4.78, 5) is 32.0. The predicted octanol–water partition coefficient (Wildman–Crippen LogP) is 3.12. The molecule has 0 saturated heterocycles. The molecule has 13 nitrogen and oxygen atoms in total. The summed E-state index contributed by atoms with van der Waals surface area (Å²) < 4.78 is 39.7. The number of rotatable bonds is 8. The van der Waals surface area contributed by atoms with Crippen molar-refractivity contribution in [2.75, 3.05) is 24.0 Å². The second kappa shape index (κ2) is 12.4. The van der Waals surface area contributed by atoms with Crippen molar-refractivity contribution >= 4 is 34.2 Å². The Morgan fingerprint density at radius 2 is 1.77 bits per heavy atom. The normalized spacial score (nSPS) is 16.0. The molecule has 0 fully saturated rings. The molecule has 4 N–H and O–H groups in total. The van der Waals surface area contributed by atoms with Crippen molar-refractivity contribution in [2.24, 2.45) is 5.73 Å². The number of anilines is 2. The largest absolute Gasteiger partial charge is 0.480 e. The Balaban J connectivity index is 1.72. The highest BCUT2D eigenvalue weighted by Gasteiger charge is 2.43. The number of hydrogen-bond acceptors (Lipinski definition) is 12. The molecule has 2 atom stereocenters. The molecule has 1 aliphatic rings. The molecule has 0 spiro atoms. The maximum Gasteiger partial charge on any atom is 0.411 e. The zero-order valence-electron chi connectivity index (χ0n) is 23.6. The number of thiophene rings is 1. The number of benzene rings is 1. The second-order valence-corrected chi connectivity index (χ2v) is 10.7. The van der Waals surface area contributed by atoms with Gasteiger partial charge in [0.15, 0.2) is 12.0 Å². The van der Waals surface area contributed by atoms with Gasteiger partial charge in [0.05, 0.1) is 13.7 Å². The fraction of sp³-hybridized carbons (Fsp3) is 0.250. The van der Waals surface area contributed by atoms with Gasteiger partial charge in [-0.05, 0) is 24.3 Å². The van der Waals surface area contributed by atoms with Gasteiger partial charge in [-0.1, -0.05) is 6.07 Å². The van der Waals surface area contributed by atoms with Gasteiger partial charge in [0.2, 0.25) is 24.0 Å². The van der Waals surface area contributed by atoms with Crippen molar-refractivity contribution in [3.63, 3.8) is 0 Å². The molecule has 0 saturated carbocycles. The number of aliphatic hydroxyl groups excluding tert-OH is 2. The summed E-state index contributed by atoms with van der Waals surface area (Å²) in [5.41, 5.74) is 6.00. The number of hydrogen-bond donors (Lipinski definition) is 3. The number of amides is 2. The van der Waals surface area contributed by atoms with E-state index in [-0.39, 0.29) is 46.2 Å². The van der Waals surface area contributed by atoms with E-state index in [0.717, 1.165) is 28.4 Å². The molecule has 4 aromatic rings.